The highest BCUT2D eigenvalue weighted by Gasteiger charge is 2.13. The number of rotatable bonds is 4. The van der Waals surface area contributed by atoms with Gasteiger partial charge in [-0.3, -0.25) is 4.68 Å². The number of hydrogen-bond donors (Lipinski definition) is 1. The molecule has 0 radical (unpaired) electrons. The van der Waals surface area contributed by atoms with Crippen molar-refractivity contribution in [3.8, 4) is 0 Å². The maximum Gasteiger partial charge on any atom is 0.131 e. The van der Waals surface area contributed by atoms with Gasteiger partial charge in [0.1, 0.15) is 10.9 Å². The van der Waals surface area contributed by atoms with Gasteiger partial charge in [0.2, 0.25) is 0 Å². The van der Waals surface area contributed by atoms with Crippen LogP contribution in [-0.2, 0) is 13.6 Å². The Bertz CT molecular complexity index is 490. The van der Waals surface area contributed by atoms with Crippen LogP contribution in [0.3, 0.4) is 0 Å². The van der Waals surface area contributed by atoms with E-state index < -0.39 is 0 Å². The summed E-state index contributed by atoms with van der Waals surface area (Å²) in [7, 11) is 1.84. The quantitative estimate of drug-likeness (QED) is 0.911. The minimum atomic E-state index is 0.153. The molecule has 0 saturated heterocycles. The molecule has 0 saturated carbocycles. The van der Waals surface area contributed by atoms with Crippen LogP contribution < -0.4 is 5.32 Å². The van der Waals surface area contributed by atoms with Crippen LogP contribution in [0.4, 0.5) is 0 Å². The van der Waals surface area contributed by atoms with E-state index in [1.54, 1.807) is 10.9 Å². The summed E-state index contributed by atoms with van der Waals surface area (Å²) in [5, 5.41) is 8.32. The van der Waals surface area contributed by atoms with Crippen LogP contribution in [0.15, 0.2) is 22.8 Å². The number of hydrogen-bond acceptors (Lipinski definition) is 3. The van der Waals surface area contributed by atoms with Gasteiger partial charge >= 0.3 is 0 Å². The van der Waals surface area contributed by atoms with Crippen LogP contribution in [0.5, 0.6) is 0 Å². The molecule has 2 heterocycles. The molecule has 0 fully saturated rings. The second-order valence-corrected chi connectivity index (χ2v) is 4.45. The van der Waals surface area contributed by atoms with Crippen LogP contribution in [0.2, 0.25) is 5.15 Å². The highest BCUT2D eigenvalue weighted by atomic mass is 35.5. The largest absolute Gasteiger partial charge is 0.468 e. The summed E-state index contributed by atoms with van der Waals surface area (Å²) in [4.78, 5) is 0. The molecule has 1 atom stereocenters. The van der Waals surface area contributed by atoms with Crippen LogP contribution in [0, 0.1) is 6.92 Å². The molecular weight excluding hydrogens is 238 g/mol. The molecule has 4 nitrogen and oxygen atoms in total. The minimum absolute atomic E-state index is 0.153. The van der Waals surface area contributed by atoms with E-state index in [1.165, 1.54) is 0 Å². The van der Waals surface area contributed by atoms with Crippen molar-refractivity contribution in [2.45, 2.75) is 26.4 Å². The molecule has 0 amide bonds. The van der Waals surface area contributed by atoms with Gasteiger partial charge in [-0.05, 0) is 26.0 Å². The van der Waals surface area contributed by atoms with E-state index >= 15 is 0 Å². The molecule has 2 aromatic heterocycles. The SMILES string of the molecule is Cc1nn(C)c(Cl)c1CN[C@@H](C)c1ccco1. The third kappa shape index (κ3) is 2.53. The van der Waals surface area contributed by atoms with Gasteiger partial charge in [0.15, 0.2) is 0 Å². The predicted octanol–water partition coefficient (Wildman–Crippen LogP) is 2.83. The summed E-state index contributed by atoms with van der Waals surface area (Å²) in [5.41, 5.74) is 1.99. The Morgan fingerprint density at radius 2 is 2.35 bits per heavy atom. The van der Waals surface area contributed by atoms with Gasteiger partial charge in [0, 0.05) is 19.2 Å². The summed E-state index contributed by atoms with van der Waals surface area (Å²) < 4.78 is 7.02. The lowest BCUT2D eigenvalue weighted by Gasteiger charge is -2.10. The third-order valence-electron chi connectivity index (χ3n) is 2.82. The van der Waals surface area contributed by atoms with Gasteiger partial charge in [-0.25, -0.2) is 0 Å². The predicted molar refractivity (Wildman–Crippen MR) is 66.9 cm³/mol. The summed E-state index contributed by atoms with van der Waals surface area (Å²) in [6, 6.07) is 3.99. The first-order chi connectivity index (χ1) is 8.09. The highest BCUT2D eigenvalue weighted by Crippen LogP contribution is 2.20. The molecule has 17 heavy (non-hydrogen) atoms. The van der Waals surface area contributed by atoms with Gasteiger partial charge in [0.05, 0.1) is 18.0 Å². The Hall–Kier alpha value is -1.26. The fourth-order valence-corrected chi connectivity index (χ4v) is 2.01. The van der Waals surface area contributed by atoms with Crippen LogP contribution >= 0.6 is 11.6 Å². The lowest BCUT2D eigenvalue weighted by molar-refractivity contribution is 0.430. The molecule has 0 aliphatic heterocycles. The molecule has 0 bridgehead atoms. The monoisotopic (exact) mass is 253 g/mol. The lowest BCUT2D eigenvalue weighted by atomic mass is 10.2. The minimum Gasteiger partial charge on any atom is -0.468 e. The molecule has 0 aliphatic rings. The van der Waals surface area contributed by atoms with Gasteiger partial charge in [0.25, 0.3) is 0 Å². The van der Waals surface area contributed by atoms with E-state index in [0.29, 0.717) is 11.7 Å². The number of halogens is 1. The summed E-state index contributed by atoms with van der Waals surface area (Å²) in [6.07, 6.45) is 1.68. The zero-order valence-electron chi connectivity index (χ0n) is 10.2. The fraction of sp³-hybridized carbons (Fsp3) is 0.417. The topological polar surface area (TPSA) is 43.0 Å². The van der Waals surface area contributed by atoms with Crippen LogP contribution in [0.1, 0.15) is 30.0 Å². The van der Waals surface area contributed by atoms with Gasteiger partial charge in [-0.2, -0.15) is 5.10 Å². The van der Waals surface area contributed by atoms with Crippen LogP contribution in [-0.4, -0.2) is 9.78 Å². The number of furan rings is 1. The van der Waals surface area contributed by atoms with Crippen molar-refractivity contribution >= 4 is 11.6 Å². The molecule has 0 aliphatic carbocycles. The van der Waals surface area contributed by atoms with Gasteiger partial charge < -0.3 is 9.73 Å². The second-order valence-electron chi connectivity index (χ2n) is 4.10. The Morgan fingerprint density at radius 3 is 2.88 bits per heavy atom. The number of nitrogens with zero attached hydrogens (tertiary/aromatic N) is 2. The van der Waals surface area contributed by atoms with Crippen molar-refractivity contribution < 1.29 is 4.42 Å². The second kappa shape index (κ2) is 4.94. The molecule has 1 N–H and O–H groups in total. The number of nitrogens with one attached hydrogen (secondary N) is 1. The standard InChI is InChI=1S/C12H16ClN3O/c1-8-10(12(13)16(3)15-8)7-14-9(2)11-5-4-6-17-11/h4-6,9,14H,7H2,1-3H3/t9-/m0/s1. The third-order valence-corrected chi connectivity index (χ3v) is 3.30. The molecule has 5 heteroatoms. The van der Waals surface area contributed by atoms with Gasteiger partial charge in [-0.1, -0.05) is 11.6 Å². The van der Waals surface area contributed by atoms with Crippen LogP contribution in [0.25, 0.3) is 0 Å². The van der Waals surface area contributed by atoms with Crippen molar-refractivity contribution in [3.05, 3.63) is 40.6 Å². The van der Waals surface area contributed by atoms with E-state index in [-0.39, 0.29) is 6.04 Å². The molecule has 92 valence electrons. The smallest absolute Gasteiger partial charge is 0.131 e. The van der Waals surface area contributed by atoms with Crippen molar-refractivity contribution in [1.82, 2.24) is 15.1 Å². The van der Waals surface area contributed by atoms with E-state index in [9.17, 15) is 0 Å². The zero-order chi connectivity index (χ0) is 12.4. The zero-order valence-corrected chi connectivity index (χ0v) is 11.0. The van der Waals surface area contributed by atoms with Crippen molar-refractivity contribution in [2.24, 2.45) is 7.05 Å². The van der Waals surface area contributed by atoms with Crippen molar-refractivity contribution in [1.29, 1.82) is 0 Å². The molecule has 2 aromatic rings. The Kier molecular flexibility index (Phi) is 3.54. The van der Waals surface area contributed by atoms with Crippen molar-refractivity contribution in [2.75, 3.05) is 0 Å². The molecule has 2 rings (SSSR count). The molecule has 0 unspecified atom stereocenters. The Morgan fingerprint density at radius 1 is 1.59 bits per heavy atom. The maximum absolute atomic E-state index is 6.16. The average Bonchev–Trinajstić information content (AvgIpc) is 2.88. The number of aryl methyl sites for hydroxylation is 2. The van der Waals surface area contributed by atoms with Crippen molar-refractivity contribution in [3.63, 3.8) is 0 Å². The normalized spacial score (nSPS) is 12.9. The molecular formula is C12H16ClN3O. The average molecular weight is 254 g/mol. The van der Waals surface area contributed by atoms with E-state index in [0.717, 1.165) is 17.0 Å². The lowest BCUT2D eigenvalue weighted by Crippen LogP contribution is -2.18. The summed E-state index contributed by atoms with van der Waals surface area (Å²) >= 11 is 6.16. The first kappa shape index (κ1) is 12.2. The summed E-state index contributed by atoms with van der Waals surface area (Å²) in [5.74, 6) is 0.919. The van der Waals surface area contributed by atoms with E-state index in [1.807, 2.05) is 26.1 Å². The highest BCUT2D eigenvalue weighted by molar-refractivity contribution is 6.30. The Labute approximate surface area is 106 Å². The Balaban J connectivity index is 2.03. The molecule has 0 aromatic carbocycles. The fourth-order valence-electron chi connectivity index (χ4n) is 1.77. The van der Waals surface area contributed by atoms with E-state index in [2.05, 4.69) is 17.3 Å². The molecule has 0 spiro atoms. The van der Waals surface area contributed by atoms with E-state index in [4.69, 9.17) is 16.0 Å². The first-order valence-corrected chi connectivity index (χ1v) is 5.92. The maximum atomic E-state index is 6.16. The first-order valence-electron chi connectivity index (χ1n) is 5.54. The summed E-state index contributed by atoms with van der Waals surface area (Å²) in [6.45, 7) is 4.69. The number of aromatic nitrogens is 2. The van der Waals surface area contributed by atoms with Gasteiger partial charge in [-0.15, -0.1) is 0 Å².